The first kappa shape index (κ1) is 26.2. The summed E-state index contributed by atoms with van der Waals surface area (Å²) in [5, 5.41) is 0. The number of hydrogen-bond donors (Lipinski definition) is 2. The van der Waals surface area contributed by atoms with Crippen LogP contribution < -0.4 is 23.7 Å². The predicted molar refractivity (Wildman–Crippen MR) is 135 cm³/mol. The zero-order valence-corrected chi connectivity index (χ0v) is 21.5. The van der Waals surface area contributed by atoms with Crippen LogP contribution in [0.3, 0.4) is 0 Å². The Morgan fingerprint density at radius 2 is 1.26 bits per heavy atom. The van der Waals surface area contributed by atoms with Gasteiger partial charge in [-0.25, -0.2) is 16.8 Å². The standard InChI is InChI=1S/C24H28N2O7S2/c1-5-32-23-14-12-20(16-24(23)33-6-2)35(29,30)25-18-8-10-19(11-9-18)34(27,28)26-21-15-17(3)7-13-22(21)31-4/h7-16,25-26H,5-6H2,1-4H3. The van der Waals surface area contributed by atoms with E-state index in [2.05, 4.69) is 9.44 Å². The van der Waals surface area contributed by atoms with E-state index in [4.69, 9.17) is 14.2 Å². The van der Waals surface area contributed by atoms with Gasteiger partial charge in [0.2, 0.25) is 0 Å². The lowest BCUT2D eigenvalue weighted by atomic mass is 10.2. The zero-order valence-electron chi connectivity index (χ0n) is 19.9. The minimum Gasteiger partial charge on any atom is -0.495 e. The molecule has 0 aliphatic carbocycles. The lowest BCUT2D eigenvalue weighted by molar-refractivity contribution is 0.287. The molecule has 0 heterocycles. The van der Waals surface area contributed by atoms with Gasteiger partial charge in [0.05, 0.1) is 35.8 Å². The molecule has 0 atom stereocenters. The highest BCUT2D eigenvalue weighted by Gasteiger charge is 2.20. The van der Waals surface area contributed by atoms with Gasteiger partial charge in [0, 0.05) is 11.8 Å². The maximum Gasteiger partial charge on any atom is 0.262 e. The third kappa shape index (κ3) is 6.37. The van der Waals surface area contributed by atoms with Gasteiger partial charge < -0.3 is 14.2 Å². The molecule has 9 nitrogen and oxygen atoms in total. The van der Waals surface area contributed by atoms with Crippen LogP contribution in [-0.4, -0.2) is 37.2 Å². The summed E-state index contributed by atoms with van der Waals surface area (Å²) < 4.78 is 72.7. The third-order valence-corrected chi connectivity index (χ3v) is 7.60. The van der Waals surface area contributed by atoms with Crippen LogP contribution in [0.4, 0.5) is 11.4 Å². The van der Waals surface area contributed by atoms with Crippen molar-refractivity contribution in [2.75, 3.05) is 29.8 Å². The van der Waals surface area contributed by atoms with Crippen LogP contribution in [-0.2, 0) is 20.0 Å². The van der Waals surface area contributed by atoms with Gasteiger partial charge in [0.25, 0.3) is 20.0 Å². The van der Waals surface area contributed by atoms with Crippen molar-refractivity contribution in [2.24, 2.45) is 0 Å². The lowest BCUT2D eigenvalue weighted by Crippen LogP contribution is -2.15. The van der Waals surface area contributed by atoms with Crippen molar-refractivity contribution in [3.8, 4) is 17.2 Å². The van der Waals surface area contributed by atoms with Gasteiger partial charge in [-0.3, -0.25) is 9.44 Å². The molecule has 35 heavy (non-hydrogen) atoms. The second kappa shape index (κ2) is 10.9. The summed E-state index contributed by atoms with van der Waals surface area (Å²) in [6, 6.07) is 14.8. The van der Waals surface area contributed by atoms with E-state index in [1.54, 1.807) is 25.1 Å². The summed E-state index contributed by atoms with van der Waals surface area (Å²) in [6.45, 7) is 6.19. The monoisotopic (exact) mass is 520 g/mol. The average molecular weight is 521 g/mol. The Hall–Kier alpha value is -3.44. The quantitative estimate of drug-likeness (QED) is 0.384. The highest BCUT2D eigenvalue weighted by atomic mass is 32.2. The number of nitrogens with one attached hydrogen (secondary N) is 2. The molecule has 0 spiro atoms. The fourth-order valence-electron chi connectivity index (χ4n) is 3.22. The second-order valence-corrected chi connectivity index (χ2v) is 10.8. The minimum atomic E-state index is -3.96. The summed E-state index contributed by atoms with van der Waals surface area (Å²) >= 11 is 0. The molecule has 0 unspecified atom stereocenters. The number of methoxy groups -OCH3 is 1. The second-order valence-electron chi connectivity index (χ2n) is 7.41. The molecule has 11 heteroatoms. The van der Waals surface area contributed by atoms with Gasteiger partial charge in [-0.05, 0) is 74.9 Å². The molecule has 3 aromatic rings. The number of anilines is 2. The van der Waals surface area contributed by atoms with Gasteiger partial charge in [-0.2, -0.15) is 0 Å². The molecule has 0 aliphatic rings. The van der Waals surface area contributed by atoms with Crippen molar-refractivity contribution in [2.45, 2.75) is 30.6 Å². The molecular weight excluding hydrogens is 492 g/mol. The van der Waals surface area contributed by atoms with E-state index in [0.717, 1.165) is 5.56 Å². The van der Waals surface area contributed by atoms with Crippen molar-refractivity contribution in [1.29, 1.82) is 0 Å². The van der Waals surface area contributed by atoms with Gasteiger partial charge in [0.1, 0.15) is 5.75 Å². The van der Waals surface area contributed by atoms with Crippen LogP contribution >= 0.6 is 0 Å². The fourth-order valence-corrected chi connectivity index (χ4v) is 5.35. The van der Waals surface area contributed by atoms with Crippen molar-refractivity contribution in [3.63, 3.8) is 0 Å². The first-order chi connectivity index (χ1) is 16.6. The average Bonchev–Trinajstić information content (AvgIpc) is 2.80. The molecule has 188 valence electrons. The Balaban J connectivity index is 1.81. The van der Waals surface area contributed by atoms with Crippen molar-refractivity contribution in [3.05, 3.63) is 66.2 Å². The van der Waals surface area contributed by atoms with Crippen LogP contribution in [0, 0.1) is 6.92 Å². The first-order valence-corrected chi connectivity index (χ1v) is 13.8. The summed E-state index contributed by atoms with van der Waals surface area (Å²) in [6.07, 6.45) is 0. The number of hydrogen-bond acceptors (Lipinski definition) is 7. The van der Waals surface area contributed by atoms with E-state index in [-0.39, 0.29) is 15.5 Å². The Kier molecular flexibility index (Phi) is 8.13. The first-order valence-electron chi connectivity index (χ1n) is 10.8. The van der Waals surface area contributed by atoms with Crippen LogP contribution in [0.5, 0.6) is 17.2 Å². The van der Waals surface area contributed by atoms with Crippen molar-refractivity contribution < 1.29 is 31.0 Å². The topological polar surface area (TPSA) is 120 Å². The SMILES string of the molecule is CCOc1ccc(S(=O)(=O)Nc2ccc(S(=O)(=O)Nc3cc(C)ccc3OC)cc2)cc1OCC. The molecular formula is C24H28N2O7S2. The smallest absolute Gasteiger partial charge is 0.262 e. The largest absolute Gasteiger partial charge is 0.495 e. The fraction of sp³-hybridized carbons (Fsp3) is 0.250. The molecule has 0 radical (unpaired) electrons. The Morgan fingerprint density at radius 3 is 1.89 bits per heavy atom. The summed E-state index contributed by atoms with van der Waals surface area (Å²) in [4.78, 5) is -0.0574. The highest BCUT2D eigenvalue weighted by Crippen LogP contribution is 2.31. The maximum absolute atomic E-state index is 12.9. The number of aryl methyl sites for hydroxylation is 1. The Bertz CT molecular complexity index is 1390. The third-order valence-electron chi connectivity index (χ3n) is 4.84. The summed E-state index contributed by atoms with van der Waals surface area (Å²) in [5.74, 6) is 1.14. The van der Waals surface area contributed by atoms with E-state index < -0.39 is 20.0 Å². The number of rotatable bonds is 11. The number of sulfonamides is 2. The maximum atomic E-state index is 12.9. The van der Waals surface area contributed by atoms with Gasteiger partial charge in [-0.15, -0.1) is 0 Å². The molecule has 0 saturated carbocycles. The molecule has 0 amide bonds. The lowest BCUT2D eigenvalue weighted by Gasteiger charge is -2.14. The number of ether oxygens (including phenoxy) is 3. The highest BCUT2D eigenvalue weighted by molar-refractivity contribution is 7.93. The molecule has 3 aromatic carbocycles. The predicted octanol–water partition coefficient (Wildman–Crippen LogP) is 4.40. The molecule has 0 saturated heterocycles. The minimum absolute atomic E-state index is 0.0192. The van der Waals surface area contributed by atoms with Crippen LogP contribution in [0.2, 0.25) is 0 Å². The molecule has 0 aromatic heterocycles. The number of benzene rings is 3. The molecule has 0 aliphatic heterocycles. The van der Waals surface area contributed by atoms with Crippen LogP contribution in [0.15, 0.2) is 70.5 Å². The van der Waals surface area contributed by atoms with E-state index in [1.165, 1.54) is 49.6 Å². The van der Waals surface area contributed by atoms with Gasteiger partial charge in [0.15, 0.2) is 11.5 Å². The molecule has 2 N–H and O–H groups in total. The van der Waals surface area contributed by atoms with E-state index in [9.17, 15) is 16.8 Å². The molecule has 0 bridgehead atoms. The normalized spacial score (nSPS) is 11.5. The molecule has 3 rings (SSSR count). The van der Waals surface area contributed by atoms with Gasteiger partial charge >= 0.3 is 0 Å². The van der Waals surface area contributed by atoms with Gasteiger partial charge in [-0.1, -0.05) is 6.07 Å². The van der Waals surface area contributed by atoms with E-state index in [0.29, 0.717) is 36.1 Å². The van der Waals surface area contributed by atoms with E-state index in [1.807, 2.05) is 13.8 Å². The zero-order chi connectivity index (χ0) is 25.6. The van der Waals surface area contributed by atoms with E-state index >= 15 is 0 Å². The van der Waals surface area contributed by atoms with Crippen molar-refractivity contribution in [1.82, 2.24) is 0 Å². The summed E-state index contributed by atoms with van der Waals surface area (Å²) in [7, 11) is -6.45. The van der Waals surface area contributed by atoms with Crippen LogP contribution in [0.25, 0.3) is 0 Å². The Labute approximate surface area is 206 Å². The molecule has 0 fully saturated rings. The van der Waals surface area contributed by atoms with Crippen LogP contribution in [0.1, 0.15) is 19.4 Å². The summed E-state index contributed by atoms with van der Waals surface area (Å²) in [5.41, 5.74) is 1.36. The van der Waals surface area contributed by atoms with Crippen molar-refractivity contribution >= 4 is 31.4 Å². The Morgan fingerprint density at radius 1 is 0.686 bits per heavy atom.